The van der Waals surface area contributed by atoms with Crippen LogP contribution >= 0.6 is 0 Å². The molecule has 5 nitrogen and oxygen atoms in total. The minimum atomic E-state index is -3.49. The molecule has 1 amide bonds. The van der Waals surface area contributed by atoms with Crippen molar-refractivity contribution in [3.63, 3.8) is 0 Å². The summed E-state index contributed by atoms with van der Waals surface area (Å²) in [6, 6.07) is 11.1. The van der Waals surface area contributed by atoms with Crippen molar-refractivity contribution in [1.29, 1.82) is 0 Å². The number of anilines is 1. The molecule has 0 aromatic heterocycles. The van der Waals surface area contributed by atoms with Crippen LogP contribution in [-0.2, 0) is 9.84 Å². The first-order valence-corrected chi connectivity index (χ1v) is 9.93. The van der Waals surface area contributed by atoms with Crippen LogP contribution in [0.4, 0.5) is 10.1 Å². The Morgan fingerprint density at radius 1 is 1.16 bits per heavy atom. The lowest BCUT2D eigenvalue weighted by atomic mass is 10.0. The van der Waals surface area contributed by atoms with E-state index >= 15 is 0 Å². The van der Waals surface area contributed by atoms with Gasteiger partial charge in [0.25, 0.3) is 5.91 Å². The van der Waals surface area contributed by atoms with Gasteiger partial charge >= 0.3 is 0 Å². The molecule has 1 unspecified atom stereocenters. The van der Waals surface area contributed by atoms with Gasteiger partial charge in [-0.3, -0.25) is 4.79 Å². The van der Waals surface area contributed by atoms with E-state index in [1.54, 1.807) is 23.1 Å². The lowest BCUT2D eigenvalue weighted by Gasteiger charge is -2.38. The van der Waals surface area contributed by atoms with Crippen molar-refractivity contribution in [1.82, 2.24) is 4.90 Å². The van der Waals surface area contributed by atoms with E-state index in [0.717, 1.165) is 25.2 Å². The van der Waals surface area contributed by atoms with Crippen molar-refractivity contribution in [3.8, 4) is 0 Å². The van der Waals surface area contributed by atoms with E-state index in [-0.39, 0.29) is 22.4 Å². The maximum absolute atomic E-state index is 14.7. The number of carbonyl (C=O) groups is 1. The second-order valence-corrected chi connectivity index (χ2v) is 8.51. The molecule has 2 aliphatic rings. The molecule has 130 valence electrons. The molecule has 1 atom stereocenters. The third-order valence-corrected chi connectivity index (χ3v) is 5.71. The number of hydrogen-bond acceptors (Lipinski definition) is 4. The van der Waals surface area contributed by atoms with Crippen molar-refractivity contribution < 1.29 is 17.6 Å². The Kier molecular flexibility index (Phi) is 3.57. The molecule has 0 saturated heterocycles. The number of amides is 1. The molecule has 1 heterocycles. The molecule has 1 aliphatic heterocycles. The molecule has 0 radical (unpaired) electrons. The zero-order valence-electron chi connectivity index (χ0n) is 13.6. The van der Waals surface area contributed by atoms with Crippen molar-refractivity contribution in [2.24, 2.45) is 0 Å². The summed E-state index contributed by atoms with van der Waals surface area (Å²) in [6.45, 7) is 0. The molecule has 25 heavy (non-hydrogen) atoms. The van der Waals surface area contributed by atoms with Gasteiger partial charge in [-0.2, -0.15) is 0 Å². The van der Waals surface area contributed by atoms with E-state index in [1.807, 2.05) is 6.07 Å². The van der Waals surface area contributed by atoms with Gasteiger partial charge in [0, 0.05) is 23.5 Å². The van der Waals surface area contributed by atoms with E-state index in [1.165, 1.54) is 12.1 Å². The predicted octanol–water partition coefficient (Wildman–Crippen LogP) is 2.96. The average molecular weight is 360 g/mol. The fraction of sp³-hybridized carbons (Fsp3) is 0.278. The molecule has 1 aliphatic carbocycles. The number of carbonyl (C=O) groups excluding carboxylic acids is 1. The largest absolute Gasteiger partial charge is 0.361 e. The standard InChI is InChI=1S/C18H17FN2O3S/c1-25(23,24)12-8-9-13(15(19)10-12)17-20-16-5-3-2-4-14(16)18(22)21(17)11-6-7-11/h2-5,8-11,17,20H,6-7H2,1H3. The van der Waals surface area contributed by atoms with Gasteiger partial charge in [0.2, 0.25) is 0 Å². The molecular formula is C18H17FN2O3S. The highest BCUT2D eigenvalue weighted by molar-refractivity contribution is 7.90. The molecule has 1 N–H and O–H groups in total. The Hall–Kier alpha value is -2.41. The van der Waals surface area contributed by atoms with Gasteiger partial charge in [-0.1, -0.05) is 18.2 Å². The van der Waals surface area contributed by atoms with E-state index in [4.69, 9.17) is 0 Å². The molecule has 2 aromatic carbocycles. The summed E-state index contributed by atoms with van der Waals surface area (Å²) in [5.41, 5.74) is 1.49. The number of halogens is 1. The normalized spacial score (nSPS) is 20.2. The molecule has 0 spiro atoms. The Labute approximate surface area is 145 Å². The van der Waals surface area contributed by atoms with Crippen molar-refractivity contribution in [2.45, 2.75) is 29.9 Å². The Morgan fingerprint density at radius 3 is 2.52 bits per heavy atom. The van der Waals surface area contributed by atoms with Gasteiger partial charge in [0.15, 0.2) is 9.84 Å². The van der Waals surface area contributed by atoms with Gasteiger partial charge in [-0.15, -0.1) is 0 Å². The SMILES string of the molecule is CS(=O)(=O)c1ccc(C2Nc3ccccc3C(=O)N2C2CC2)c(F)c1. The highest BCUT2D eigenvalue weighted by atomic mass is 32.2. The Bertz CT molecular complexity index is 970. The van der Waals surface area contributed by atoms with Gasteiger partial charge in [0.05, 0.1) is 10.5 Å². The van der Waals surface area contributed by atoms with Crippen LogP contribution in [0.2, 0.25) is 0 Å². The van der Waals surface area contributed by atoms with Crippen LogP contribution in [0.5, 0.6) is 0 Å². The molecule has 2 aromatic rings. The van der Waals surface area contributed by atoms with Crippen LogP contribution in [0, 0.1) is 5.82 Å². The molecule has 7 heteroatoms. The summed E-state index contributed by atoms with van der Waals surface area (Å²) in [5.74, 6) is -0.772. The van der Waals surface area contributed by atoms with Crippen LogP contribution in [0.15, 0.2) is 47.4 Å². The predicted molar refractivity (Wildman–Crippen MR) is 91.5 cm³/mol. The summed E-state index contributed by atoms with van der Waals surface area (Å²) in [4.78, 5) is 14.5. The minimum Gasteiger partial charge on any atom is -0.361 e. The quantitative estimate of drug-likeness (QED) is 0.914. The number of nitrogens with one attached hydrogen (secondary N) is 1. The average Bonchev–Trinajstić information content (AvgIpc) is 3.38. The molecule has 1 fully saturated rings. The molecule has 4 rings (SSSR count). The van der Waals surface area contributed by atoms with Crippen molar-refractivity contribution in [3.05, 3.63) is 59.4 Å². The zero-order valence-corrected chi connectivity index (χ0v) is 14.4. The van der Waals surface area contributed by atoms with E-state index < -0.39 is 21.8 Å². The first kappa shape index (κ1) is 16.1. The lowest BCUT2D eigenvalue weighted by molar-refractivity contribution is 0.0663. The Morgan fingerprint density at radius 2 is 1.88 bits per heavy atom. The summed E-state index contributed by atoms with van der Waals surface area (Å²) in [5, 5.41) is 3.23. The van der Waals surface area contributed by atoms with Gasteiger partial charge in [-0.05, 0) is 37.1 Å². The van der Waals surface area contributed by atoms with E-state index in [2.05, 4.69) is 5.32 Å². The highest BCUT2D eigenvalue weighted by Crippen LogP contribution is 2.41. The monoisotopic (exact) mass is 360 g/mol. The third kappa shape index (κ3) is 2.78. The van der Waals surface area contributed by atoms with Gasteiger partial charge in [-0.25, -0.2) is 12.8 Å². The number of para-hydroxylation sites is 1. The van der Waals surface area contributed by atoms with Crippen LogP contribution in [0.25, 0.3) is 0 Å². The van der Waals surface area contributed by atoms with Crippen molar-refractivity contribution >= 4 is 21.4 Å². The number of nitrogens with zero attached hydrogens (tertiary/aromatic N) is 1. The number of sulfone groups is 1. The van der Waals surface area contributed by atoms with Crippen LogP contribution in [0.1, 0.15) is 34.9 Å². The second-order valence-electron chi connectivity index (χ2n) is 6.49. The zero-order chi connectivity index (χ0) is 17.8. The fourth-order valence-corrected chi connectivity index (χ4v) is 3.82. The molecular weight excluding hydrogens is 343 g/mol. The number of benzene rings is 2. The number of hydrogen-bond donors (Lipinski definition) is 1. The van der Waals surface area contributed by atoms with E-state index in [9.17, 15) is 17.6 Å². The third-order valence-electron chi connectivity index (χ3n) is 4.60. The van der Waals surface area contributed by atoms with E-state index in [0.29, 0.717) is 11.3 Å². The first-order chi connectivity index (χ1) is 11.9. The summed E-state index contributed by atoms with van der Waals surface area (Å²) in [7, 11) is -3.49. The maximum atomic E-state index is 14.7. The van der Waals surface area contributed by atoms with Crippen molar-refractivity contribution in [2.75, 3.05) is 11.6 Å². The maximum Gasteiger partial charge on any atom is 0.258 e. The summed E-state index contributed by atoms with van der Waals surface area (Å²) >= 11 is 0. The van der Waals surface area contributed by atoms with Crippen LogP contribution < -0.4 is 5.32 Å². The summed E-state index contributed by atoms with van der Waals surface area (Å²) < 4.78 is 37.9. The van der Waals surface area contributed by atoms with Gasteiger partial charge in [0.1, 0.15) is 12.0 Å². The molecule has 1 saturated carbocycles. The highest BCUT2D eigenvalue weighted by Gasteiger charge is 2.42. The first-order valence-electron chi connectivity index (χ1n) is 8.04. The second kappa shape index (κ2) is 5.56. The minimum absolute atomic E-state index is 0.0748. The molecule has 0 bridgehead atoms. The number of rotatable bonds is 3. The fourth-order valence-electron chi connectivity index (χ4n) is 3.19. The number of fused-ring (bicyclic) bond motifs is 1. The van der Waals surface area contributed by atoms with Crippen LogP contribution in [0.3, 0.4) is 0 Å². The van der Waals surface area contributed by atoms with Gasteiger partial charge < -0.3 is 10.2 Å². The topological polar surface area (TPSA) is 66.5 Å². The summed E-state index contributed by atoms with van der Waals surface area (Å²) in [6.07, 6.45) is 2.16. The lowest BCUT2D eigenvalue weighted by Crippen LogP contribution is -2.44. The van der Waals surface area contributed by atoms with Crippen LogP contribution in [-0.4, -0.2) is 31.5 Å². The Balaban J connectivity index is 1.80. The smallest absolute Gasteiger partial charge is 0.258 e.